The van der Waals surface area contributed by atoms with Gasteiger partial charge in [0.25, 0.3) is 0 Å². The zero-order chi connectivity index (χ0) is 11.2. The van der Waals surface area contributed by atoms with Gasteiger partial charge in [-0.05, 0) is 37.5 Å². The van der Waals surface area contributed by atoms with Crippen molar-refractivity contribution < 1.29 is 0 Å². The van der Waals surface area contributed by atoms with E-state index in [9.17, 15) is 0 Å². The summed E-state index contributed by atoms with van der Waals surface area (Å²) in [6, 6.07) is 0. The van der Waals surface area contributed by atoms with Gasteiger partial charge in [-0.3, -0.25) is 0 Å². The van der Waals surface area contributed by atoms with Gasteiger partial charge in [0.1, 0.15) is 0 Å². The monoisotopic (exact) mass is 220 g/mol. The number of hydrogen-bond acceptors (Lipinski definition) is 0. The molecule has 92 valence electrons. The molecule has 0 radical (unpaired) electrons. The third kappa shape index (κ3) is 3.37. The Morgan fingerprint density at radius 3 is 2.38 bits per heavy atom. The quantitative estimate of drug-likeness (QED) is 0.375. The fourth-order valence-corrected chi connectivity index (χ4v) is 3.55. The smallest absolute Gasteiger partial charge is 0.0286 e. The third-order valence-electron chi connectivity index (χ3n) is 4.60. The summed E-state index contributed by atoms with van der Waals surface area (Å²) in [6.45, 7) is 2.30. The minimum Gasteiger partial charge on any atom is -0.0850 e. The number of fused-ring (bicyclic) bond motifs is 2. The topological polar surface area (TPSA) is 0 Å². The van der Waals surface area contributed by atoms with Crippen molar-refractivity contribution in [3.8, 4) is 0 Å². The second-order valence-corrected chi connectivity index (χ2v) is 5.94. The predicted molar refractivity (Wildman–Crippen MR) is 71.5 cm³/mol. The zero-order valence-corrected chi connectivity index (χ0v) is 11.0. The van der Waals surface area contributed by atoms with Crippen LogP contribution in [0.1, 0.15) is 77.6 Å². The summed E-state index contributed by atoms with van der Waals surface area (Å²) in [5.74, 6) is 2.14. The molecule has 2 atom stereocenters. The molecule has 0 aromatic carbocycles. The SMILES string of the molecule is CCCCCCCCCC1CC2=CCC1C2. The first-order chi connectivity index (χ1) is 7.90. The lowest BCUT2D eigenvalue weighted by molar-refractivity contribution is 0.351. The molecule has 0 aliphatic heterocycles. The van der Waals surface area contributed by atoms with Crippen LogP contribution in [0.25, 0.3) is 0 Å². The van der Waals surface area contributed by atoms with Crippen LogP contribution in [-0.4, -0.2) is 0 Å². The highest BCUT2D eigenvalue weighted by Gasteiger charge is 2.32. The largest absolute Gasteiger partial charge is 0.0850 e. The Morgan fingerprint density at radius 1 is 1.00 bits per heavy atom. The maximum absolute atomic E-state index is 2.51. The first-order valence-corrected chi connectivity index (χ1v) is 7.58. The second kappa shape index (κ2) is 6.47. The lowest BCUT2D eigenvalue weighted by Gasteiger charge is -2.18. The molecule has 0 spiro atoms. The highest BCUT2D eigenvalue weighted by molar-refractivity contribution is 5.18. The maximum Gasteiger partial charge on any atom is -0.0286 e. The molecule has 0 N–H and O–H groups in total. The fraction of sp³-hybridized carbons (Fsp3) is 0.875. The van der Waals surface area contributed by atoms with Crippen LogP contribution in [-0.2, 0) is 0 Å². The van der Waals surface area contributed by atoms with E-state index in [1.165, 1.54) is 70.6 Å². The Bertz CT molecular complexity index is 226. The highest BCUT2D eigenvalue weighted by atomic mass is 14.4. The molecule has 1 saturated carbocycles. The molecular formula is C16H28. The third-order valence-corrected chi connectivity index (χ3v) is 4.60. The number of rotatable bonds is 8. The minimum absolute atomic E-state index is 1.06. The summed E-state index contributed by atoms with van der Waals surface area (Å²) >= 11 is 0. The van der Waals surface area contributed by atoms with Crippen LogP contribution in [0.5, 0.6) is 0 Å². The van der Waals surface area contributed by atoms with Crippen LogP contribution in [0.4, 0.5) is 0 Å². The molecule has 0 nitrogen and oxygen atoms in total. The Balaban J connectivity index is 1.45. The summed E-state index contributed by atoms with van der Waals surface area (Å²) in [4.78, 5) is 0. The van der Waals surface area contributed by atoms with Crippen molar-refractivity contribution in [2.75, 3.05) is 0 Å². The second-order valence-electron chi connectivity index (χ2n) is 5.94. The summed E-state index contributed by atoms with van der Waals surface area (Å²) in [5, 5.41) is 0. The van der Waals surface area contributed by atoms with Crippen molar-refractivity contribution >= 4 is 0 Å². The van der Waals surface area contributed by atoms with Gasteiger partial charge in [-0.2, -0.15) is 0 Å². The van der Waals surface area contributed by atoms with Crippen molar-refractivity contribution in [1.29, 1.82) is 0 Å². The average molecular weight is 220 g/mol. The molecule has 0 heterocycles. The maximum atomic E-state index is 2.51. The Kier molecular flexibility index (Phi) is 4.93. The van der Waals surface area contributed by atoms with Crippen molar-refractivity contribution in [2.24, 2.45) is 11.8 Å². The standard InChI is InChI=1S/C16H28/c1-2-3-4-5-6-7-8-9-15-12-14-10-11-16(15)13-14/h10,15-16H,2-9,11-13H2,1H3. The van der Waals surface area contributed by atoms with Crippen molar-refractivity contribution in [1.82, 2.24) is 0 Å². The van der Waals surface area contributed by atoms with E-state index in [1.54, 1.807) is 5.57 Å². The molecule has 0 aromatic rings. The normalized spacial score (nSPS) is 27.4. The lowest BCUT2D eigenvalue weighted by Crippen LogP contribution is -2.07. The van der Waals surface area contributed by atoms with Crippen molar-refractivity contribution in [3.05, 3.63) is 11.6 Å². The van der Waals surface area contributed by atoms with Crippen LogP contribution in [0.2, 0.25) is 0 Å². The summed E-state index contributed by atoms with van der Waals surface area (Å²) in [7, 11) is 0. The first kappa shape index (κ1) is 12.2. The van der Waals surface area contributed by atoms with E-state index in [2.05, 4.69) is 13.0 Å². The van der Waals surface area contributed by atoms with Gasteiger partial charge >= 0.3 is 0 Å². The van der Waals surface area contributed by atoms with Crippen LogP contribution in [0, 0.1) is 11.8 Å². The molecule has 2 bridgehead atoms. The number of hydrogen-bond donors (Lipinski definition) is 0. The van der Waals surface area contributed by atoms with E-state index in [-0.39, 0.29) is 0 Å². The van der Waals surface area contributed by atoms with E-state index in [1.807, 2.05) is 0 Å². The molecule has 2 aliphatic carbocycles. The number of unbranched alkanes of at least 4 members (excludes halogenated alkanes) is 6. The van der Waals surface area contributed by atoms with Gasteiger partial charge in [-0.1, -0.05) is 63.5 Å². The van der Waals surface area contributed by atoms with Gasteiger partial charge in [0.15, 0.2) is 0 Å². The van der Waals surface area contributed by atoms with Gasteiger partial charge in [-0.25, -0.2) is 0 Å². The van der Waals surface area contributed by atoms with Crippen LogP contribution < -0.4 is 0 Å². The summed E-state index contributed by atoms with van der Waals surface area (Å²) < 4.78 is 0. The first-order valence-electron chi connectivity index (χ1n) is 7.58. The van der Waals surface area contributed by atoms with Gasteiger partial charge in [0.2, 0.25) is 0 Å². The van der Waals surface area contributed by atoms with E-state index >= 15 is 0 Å². The Labute approximate surface area is 102 Å². The summed E-state index contributed by atoms with van der Waals surface area (Å²) in [6.07, 6.45) is 18.6. The molecule has 0 saturated heterocycles. The molecule has 16 heavy (non-hydrogen) atoms. The Hall–Kier alpha value is -0.260. The molecule has 2 rings (SSSR count). The van der Waals surface area contributed by atoms with Crippen LogP contribution >= 0.6 is 0 Å². The predicted octanol–water partition coefficient (Wildman–Crippen LogP) is 5.48. The molecule has 0 aromatic heterocycles. The highest BCUT2D eigenvalue weighted by Crippen LogP contribution is 2.46. The van der Waals surface area contributed by atoms with Gasteiger partial charge in [0, 0.05) is 0 Å². The molecule has 0 amide bonds. The average Bonchev–Trinajstić information content (AvgIpc) is 2.90. The van der Waals surface area contributed by atoms with Gasteiger partial charge < -0.3 is 0 Å². The molecular weight excluding hydrogens is 192 g/mol. The summed E-state index contributed by atoms with van der Waals surface area (Å²) in [5.41, 5.74) is 1.79. The van der Waals surface area contributed by atoms with E-state index in [0.29, 0.717) is 0 Å². The van der Waals surface area contributed by atoms with Gasteiger partial charge in [0.05, 0.1) is 0 Å². The fourth-order valence-electron chi connectivity index (χ4n) is 3.55. The van der Waals surface area contributed by atoms with Crippen molar-refractivity contribution in [2.45, 2.75) is 77.6 Å². The van der Waals surface area contributed by atoms with E-state index in [0.717, 1.165) is 11.8 Å². The van der Waals surface area contributed by atoms with Crippen molar-refractivity contribution in [3.63, 3.8) is 0 Å². The van der Waals surface area contributed by atoms with E-state index in [4.69, 9.17) is 0 Å². The minimum atomic E-state index is 1.06. The van der Waals surface area contributed by atoms with Crippen LogP contribution in [0.3, 0.4) is 0 Å². The lowest BCUT2D eigenvalue weighted by atomic mass is 9.87. The van der Waals surface area contributed by atoms with E-state index < -0.39 is 0 Å². The molecule has 2 unspecified atom stereocenters. The number of allylic oxidation sites excluding steroid dienone is 2. The van der Waals surface area contributed by atoms with Crippen LogP contribution in [0.15, 0.2) is 11.6 Å². The van der Waals surface area contributed by atoms with Gasteiger partial charge in [-0.15, -0.1) is 0 Å². The Morgan fingerprint density at radius 2 is 1.75 bits per heavy atom. The zero-order valence-electron chi connectivity index (χ0n) is 11.0. The molecule has 1 fully saturated rings. The molecule has 0 heteroatoms. The molecule has 2 aliphatic rings.